The summed E-state index contributed by atoms with van der Waals surface area (Å²) >= 11 is 1.36. The van der Waals surface area contributed by atoms with Gasteiger partial charge in [0.05, 0.1) is 12.9 Å². The zero-order valence-corrected chi connectivity index (χ0v) is 15.3. The average molecular weight is 358 g/mol. The number of carbonyl (C=O) groups excluding carboxylic acids is 1. The van der Waals surface area contributed by atoms with E-state index in [-0.39, 0.29) is 11.7 Å². The lowest BCUT2D eigenvalue weighted by atomic mass is 10.3. The molecule has 0 spiro atoms. The molecule has 0 atom stereocenters. The van der Waals surface area contributed by atoms with Crippen LogP contribution in [0.3, 0.4) is 0 Å². The minimum absolute atomic E-state index is 0.00624. The van der Waals surface area contributed by atoms with E-state index in [0.717, 1.165) is 17.3 Å². The molecule has 0 saturated carbocycles. The van der Waals surface area contributed by atoms with E-state index in [1.165, 1.54) is 11.8 Å². The zero-order chi connectivity index (χ0) is 18.2. The lowest BCUT2D eigenvalue weighted by Crippen LogP contribution is -2.32. The summed E-state index contributed by atoms with van der Waals surface area (Å²) in [5.74, 6) is 1.82. The molecule has 0 aliphatic rings. The molecule has 1 amide bonds. The minimum atomic E-state index is 0.00624. The van der Waals surface area contributed by atoms with Crippen molar-refractivity contribution < 1.29 is 9.53 Å². The fraction of sp³-hybridized carbons (Fsp3) is 0.278. The van der Waals surface area contributed by atoms with Crippen molar-refractivity contribution in [3.8, 4) is 11.4 Å². The third-order valence-corrected chi connectivity index (χ3v) is 4.42. The van der Waals surface area contributed by atoms with E-state index in [1.807, 2.05) is 35.8 Å². The number of carbonyl (C=O) groups is 1. The molecule has 132 valence electrons. The van der Waals surface area contributed by atoms with E-state index in [4.69, 9.17) is 4.74 Å². The first kappa shape index (κ1) is 18.8. The summed E-state index contributed by atoms with van der Waals surface area (Å²) in [6, 6.07) is 7.63. The van der Waals surface area contributed by atoms with Crippen LogP contribution in [0.25, 0.3) is 5.69 Å². The third-order valence-electron chi connectivity index (χ3n) is 3.50. The molecule has 1 aromatic heterocycles. The first-order valence-electron chi connectivity index (χ1n) is 7.79. The van der Waals surface area contributed by atoms with Crippen molar-refractivity contribution in [1.29, 1.82) is 0 Å². The number of methoxy groups -OCH3 is 1. The van der Waals surface area contributed by atoms with Crippen LogP contribution in [0.5, 0.6) is 5.75 Å². The second kappa shape index (κ2) is 9.08. The van der Waals surface area contributed by atoms with Crippen LogP contribution in [-0.4, -0.2) is 51.5 Å². The molecule has 0 radical (unpaired) electrons. The maximum absolute atomic E-state index is 12.4. The summed E-state index contributed by atoms with van der Waals surface area (Å²) in [5, 5.41) is 9.00. The quantitative estimate of drug-likeness (QED) is 0.509. The number of nitrogens with zero attached hydrogens (tertiary/aromatic N) is 4. The van der Waals surface area contributed by atoms with Gasteiger partial charge in [-0.25, -0.2) is 0 Å². The summed E-state index contributed by atoms with van der Waals surface area (Å²) in [5.41, 5.74) is 0.923. The number of amides is 1. The Kier molecular flexibility index (Phi) is 6.82. The van der Waals surface area contributed by atoms with Crippen molar-refractivity contribution in [2.45, 2.75) is 12.1 Å². The zero-order valence-electron chi connectivity index (χ0n) is 14.5. The number of thioether (sulfide) groups is 1. The Morgan fingerprint density at radius 2 is 1.88 bits per heavy atom. The second-order valence-electron chi connectivity index (χ2n) is 5.23. The smallest absolute Gasteiger partial charge is 0.233 e. The average Bonchev–Trinajstić information content (AvgIpc) is 3.00. The van der Waals surface area contributed by atoms with Gasteiger partial charge in [0.1, 0.15) is 11.6 Å². The monoisotopic (exact) mass is 358 g/mol. The molecular weight excluding hydrogens is 336 g/mol. The molecule has 25 heavy (non-hydrogen) atoms. The van der Waals surface area contributed by atoms with E-state index >= 15 is 0 Å². The number of aryl methyl sites for hydroxylation is 1. The maximum Gasteiger partial charge on any atom is 0.233 e. The molecule has 1 aromatic carbocycles. The number of hydrogen-bond donors (Lipinski definition) is 0. The molecule has 0 aliphatic carbocycles. The fourth-order valence-electron chi connectivity index (χ4n) is 2.27. The molecule has 2 rings (SSSR count). The van der Waals surface area contributed by atoms with Crippen molar-refractivity contribution in [3.05, 3.63) is 55.4 Å². The third kappa shape index (κ3) is 4.73. The molecular formula is C18H22N4O2S. The van der Waals surface area contributed by atoms with Gasteiger partial charge in [0.15, 0.2) is 5.16 Å². The highest BCUT2D eigenvalue weighted by Crippen LogP contribution is 2.23. The van der Waals surface area contributed by atoms with E-state index in [9.17, 15) is 4.79 Å². The Bertz CT molecular complexity index is 730. The number of rotatable bonds is 9. The number of aromatic nitrogens is 3. The van der Waals surface area contributed by atoms with E-state index in [0.29, 0.717) is 18.2 Å². The van der Waals surface area contributed by atoms with Crippen molar-refractivity contribution in [3.63, 3.8) is 0 Å². The molecule has 0 fully saturated rings. The molecule has 0 bridgehead atoms. The summed E-state index contributed by atoms with van der Waals surface area (Å²) in [7, 11) is 1.63. The predicted octanol–water partition coefficient (Wildman–Crippen LogP) is 2.88. The Morgan fingerprint density at radius 1 is 1.24 bits per heavy atom. The molecule has 0 saturated heterocycles. The first-order chi connectivity index (χ1) is 12.1. The van der Waals surface area contributed by atoms with Gasteiger partial charge in [0, 0.05) is 18.8 Å². The highest BCUT2D eigenvalue weighted by atomic mass is 32.2. The topological polar surface area (TPSA) is 60.2 Å². The SMILES string of the molecule is C=CCN(CC=C)C(=O)CSc1nnc(C)n1-c1ccc(OC)cc1. The van der Waals surface area contributed by atoms with Gasteiger partial charge in [-0.1, -0.05) is 23.9 Å². The minimum Gasteiger partial charge on any atom is -0.497 e. The van der Waals surface area contributed by atoms with Gasteiger partial charge < -0.3 is 9.64 Å². The summed E-state index contributed by atoms with van der Waals surface area (Å²) in [6.07, 6.45) is 3.41. The number of ether oxygens (including phenoxy) is 1. The lowest BCUT2D eigenvalue weighted by molar-refractivity contribution is -0.127. The van der Waals surface area contributed by atoms with Crippen molar-refractivity contribution in [2.75, 3.05) is 26.0 Å². The Balaban J connectivity index is 2.14. The molecule has 2 aromatic rings. The predicted molar refractivity (Wildman–Crippen MR) is 100 cm³/mol. The molecule has 1 heterocycles. The first-order valence-corrected chi connectivity index (χ1v) is 8.78. The van der Waals surface area contributed by atoms with Gasteiger partial charge in [-0.05, 0) is 31.2 Å². The lowest BCUT2D eigenvalue weighted by Gasteiger charge is -2.18. The van der Waals surface area contributed by atoms with Crippen LogP contribution >= 0.6 is 11.8 Å². The molecule has 7 heteroatoms. The van der Waals surface area contributed by atoms with Crippen molar-refractivity contribution in [1.82, 2.24) is 19.7 Å². The second-order valence-corrected chi connectivity index (χ2v) is 6.17. The molecule has 0 unspecified atom stereocenters. The summed E-state index contributed by atoms with van der Waals surface area (Å²) in [6.45, 7) is 10.2. The van der Waals surface area contributed by atoms with Crippen LogP contribution in [0.4, 0.5) is 0 Å². The van der Waals surface area contributed by atoms with Crippen LogP contribution in [0.15, 0.2) is 54.7 Å². The van der Waals surface area contributed by atoms with Crippen LogP contribution in [0.2, 0.25) is 0 Å². The van der Waals surface area contributed by atoms with E-state index < -0.39 is 0 Å². The summed E-state index contributed by atoms with van der Waals surface area (Å²) < 4.78 is 7.11. The van der Waals surface area contributed by atoms with Crippen LogP contribution in [-0.2, 0) is 4.79 Å². The van der Waals surface area contributed by atoms with Crippen molar-refractivity contribution in [2.24, 2.45) is 0 Å². The molecule has 6 nitrogen and oxygen atoms in total. The Hall–Kier alpha value is -2.54. The standard InChI is InChI=1S/C18H22N4O2S/c1-5-11-21(12-6-2)17(23)13-25-18-20-19-14(3)22(18)15-7-9-16(24-4)10-8-15/h5-10H,1-2,11-13H2,3-4H3. The van der Waals surface area contributed by atoms with Gasteiger partial charge in [-0.15, -0.1) is 23.4 Å². The van der Waals surface area contributed by atoms with Crippen LogP contribution < -0.4 is 4.74 Å². The number of benzene rings is 1. The van der Waals surface area contributed by atoms with Gasteiger partial charge in [0.2, 0.25) is 5.91 Å². The van der Waals surface area contributed by atoms with E-state index in [1.54, 1.807) is 24.2 Å². The normalized spacial score (nSPS) is 10.3. The largest absolute Gasteiger partial charge is 0.497 e. The molecule has 0 N–H and O–H groups in total. The highest BCUT2D eigenvalue weighted by molar-refractivity contribution is 7.99. The van der Waals surface area contributed by atoms with E-state index in [2.05, 4.69) is 23.4 Å². The maximum atomic E-state index is 12.4. The van der Waals surface area contributed by atoms with Gasteiger partial charge in [0.25, 0.3) is 0 Å². The van der Waals surface area contributed by atoms with Gasteiger partial charge in [-0.2, -0.15) is 0 Å². The summed E-state index contributed by atoms with van der Waals surface area (Å²) in [4.78, 5) is 14.1. The molecule has 0 aliphatic heterocycles. The highest BCUT2D eigenvalue weighted by Gasteiger charge is 2.16. The van der Waals surface area contributed by atoms with Gasteiger partial charge in [-0.3, -0.25) is 9.36 Å². The van der Waals surface area contributed by atoms with Crippen LogP contribution in [0.1, 0.15) is 5.82 Å². The van der Waals surface area contributed by atoms with Crippen molar-refractivity contribution >= 4 is 17.7 Å². The van der Waals surface area contributed by atoms with Crippen LogP contribution in [0, 0.1) is 6.92 Å². The number of hydrogen-bond acceptors (Lipinski definition) is 5. The fourth-order valence-corrected chi connectivity index (χ4v) is 3.17. The Labute approximate surface area is 152 Å². The Morgan fingerprint density at radius 3 is 2.44 bits per heavy atom. The van der Waals surface area contributed by atoms with Gasteiger partial charge >= 0.3 is 0 Å².